The van der Waals surface area contributed by atoms with Gasteiger partial charge in [-0.3, -0.25) is 9.69 Å². The van der Waals surface area contributed by atoms with Gasteiger partial charge in [-0.05, 0) is 72.0 Å². The highest BCUT2D eigenvalue weighted by atomic mass is 32.2. The van der Waals surface area contributed by atoms with Gasteiger partial charge in [-0.15, -0.1) is 0 Å². The van der Waals surface area contributed by atoms with Gasteiger partial charge in [0.15, 0.2) is 0 Å². The molecule has 6 aromatic carbocycles. The third kappa shape index (κ3) is 7.68. The minimum atomic E-state index is -4.50. The fourth-order valence-electron chi connectivity index (χ4n) is 8.35. The van der Waals surface area contributed by atoms with E-state index in [9.17, 15) is 18.5 Å². The summed E-state index contributed by atoms with van der Waals surface area (Å²) in [6, 6.07) is 48.2. The normalized spacial score (nSPS) is 15.6. The lowest BCUT2D eigenvalue weighted by atomic mass is 9.77. The topological polar surface area (TPSA) is 136 Å². The summed E-state index contributed by atoms with van der Waals surface area (Å²) in [6.45, 7) is 2.18. The van der Waals surface area contributed by atoms with Crippen LogP contribution < -0.4 is 14.2 Å². The highest BCUT2D eigenvalue weighted by Crippen LogP contribution is 2.44. The van der Waals surface area contributed by atoms with Gasteiger partial charge >= 0.3 is 0 Å². The van der Waals surface area contributed by atoms with Crippen LogP contribution in [-0.2, 0) is 20.3 Å². The van der Waals surface area contributed by atoms with Gasteiger partial charge in [0, 0.05) is 13.1 Å². The molecule has 0 saturated carbocycles. The van der Waals surface area contributed by atoms with E-state index >= 15 is 4.39 Å². The smallest absolute Gasteiger partial charge is 0.268 e. The quantitative estimate of drug-likeness (QED) is 0.114. The Morgan fingerprint density at radius 2 is 1.40 bits per heavy atom. The molecular formula is C49H42FN5O6S. The monoisotopic (exact) mass is 847 g/mol. The number of nitrogens with one attached hydrogen (secondary N) is 1. The molecule has 2 fully saturated rings. The Labute approximate surface area is 359 Å². The Kier molecular flexibility index (Phi) is 11.1. The van der Waals surface area contributed by atoms with Crippen LogP contribution in [0, 0.1) is 11.3 Å². The maximum Gasteiger partial charge on any atom is 0.268 e. The van der Waals surface area contributed by atoms with E-state index in [1.165, 1.54) is 18.2 Å². The molecule has 0 spiro atoms. The molecule has 0 aliphatic carbocycles. The van der Waals surface area contributed by atoms with Crippen LogP contribution in [0.5, 0.6) is 17.2 Å². The number of nitrogens with zero attached hydrogens (tertiary/aromatic N) is 4. The SMILES string of the molecule is N#Cc1cc(S(=O)(=O)NC(=O)c2ccccc2Oc2cccc3c2cnn3C(c2ccccc2)(c2ccccc2)c2ccccc2)ccc1OCC1(F)CCN(C2COC2)CC1. The minimum Gasteiger partial charge on any atom is -0.489 e. The van der Waals surface area contributed by atoms with Crippen molar-refractivity contribution in [1.82, 2.24) is 19.4 Å². The number of halogens is 1. The third-order valence-electron chi connectivity index (χ3n) is 11.7. The number of rotatable bonds is 13. The number of sulfonamides is 1. The molecule has 0 unspecified atom stereocenters. The zero-order valence-electron chi connectivity index (χ0n) is 33.6. The van der Waals surface area contributed by atoms with E-state index in [4.69, 9.17) is 19.3 Å². The molecule has 0 atom stereocenters. The van der Waals surface area contributed by atoms with Crippen molar-refractivity contribution in [2.45, 2.75) is 35.0 Å². The Morgan fingerprint density at radius 1 is 0.806 bits per heavy atom. The molecule has 2 saturated heterocycles. The molecule has 7 aromatic rings. The average molecular weight is 848 g/mol. The molecule has 11 nitrogen and oxygen atoms in total. The molecule has 3 heterocycles. The summed E-state index contributed by atoms with van der Waals surface area (Å²) in [5.74, 6) is -0.399. The van der Waals surface area contributed by atoms with E-state index in [0.717, 1.165) is 28.3 Å². The second kappa shape index (κ2) is 16.9. The van der Waals surface area contributed by atoms with Gasteiger partial charge < -0.3 is 14.2 Å². The van der Waals surface area contributed by atoms with Crippen LogP contribution in [0.1, 0.15) is 45.5 Å². The number of benzene rings is 6. The highest BCUT2D eigenvalue weighted by molar-refractivity contribution is 7.90. The first-order valence-corrected chi connectivity index (χ1v) is 21.8. The number of ether oxygens (including phenoxy) is 3. The van der Waals surface area contributed by atoms with Gasteiger partial charge in [-0.1, -0.05) is 109 Å². The van der Waals surface area contributed by atoms with Crippen LogP contribution in [0.25, 0.3) is 10.9 Å². The molecule has 1 amide bonds. The van der Waals surface area contributed by atoms with Crippen molar-refractivity contribution in [2.24, 2.45) is 0 Å². The Bertz CT molecular complexity index is 2780. The number of amides is 1. The summed E-state index contributed by atoms with van der Waals surface area (Å²) in [4.78, 5) is 15.7. The number of fused-ring (bicyclic) bond motifs is 1. The summed E-state index contributed by atoms with van der Waals surface area (Å²) >= 11 is 0. The van der Waals surface area contributed by atoms with E-state index < -0.39 is 27.1 Å². The third-order valence-corrected chi connectivity index (χ3v) is 13.1. The minimum absolute atomic E-state index is 0.0442. The average Bonchev–Trinajstić information content (AvgIpc) is 3.73. The van der Waals surface area contributed by atoms with Crippen molar-refractivity contribution in [1.29, 1.82) is 5.26 Å². The molecule has 1 aromatic heterocycles. The number of carbonyl (C=O) groups excluding carboxylic acids is 1. The van der Waals surface area contributed by atoms with Crippen molar-refractivity contribution in [3.8, 4) is 23.3 Å². The number of aromatic nitrogens is 2. The number of alkyl halides is 1. The van der Waals surface area contributed by atoms with Crippen LogP contribution in [0.15, 0.2) is 163 Å². The lowest BCUT2D eigenvalue weighted by molar-refractivity contribution is -0.0890. The van der Waals surface area contributed by atoms with Crippen LogP contribution in [0.4, 0.5) is 4.39 Å². The van der Waals surface area contributed by atoms with Crippen molar-refractivity contribution in [2.75, 3.05) is 32.9 Å². The number of likely N-dealkylation sites (tertiary alicyclic amines) is 1. The maximum absolute atomic E-state index is 15.7. The fourth-order valence-corrected chi connectivity index (χ4v) is 9.34. The van der Waals surface area contributed by atoms with E-state index in [1.807, 2.05) is 77.5 Å². The molecule has 2 aliphatic heterocycles. The maximum atomic E-state index is 15.7. The molecule has 13 heteroatoms. The van der Waals surface area contributed by atoms with Crippen molar-refractivity contribution in [3.05, 3.63) is 186 Å². The van der Waals surface area contributed by atoms with Gasteiger partial charge in [0.25, 0.3) is 15.9 Å². The van der Waals surface area contributed by atoms with Crippen molar-refractivity contribution in [3.63, 3.8) is 0 Å². The van der Waals surface area contributed by atoms with Crippen LogP contribution >= 0.6 is 0 Å². The second-order valence-electron chi connectivity index (χ2n) is 15.5. The molecule has 1 N–H and O–H groups in total. The number of piperidine rings is 1. The van der Waals surface area contributed by atoms with Gasteiger partial charge in [0.1, 0.15) is 41.1 Å². The van der Waals surface area contributed by atoms with Crippen LogP contribution in [0.2, 0.25) is 0 Å². The van der Waals surface area contributed by atoms with Gasteiger partial charge in [-0.25, -0.2) is 22.2 Å². The number of para-hydroxylation sites is 1. The van der Waals surface area contributed by atoms with Gasteiger partial charge in [0.2, 0.25) is 0 Å². The fraction of sp³-hybridized carbons (Fsp3) is 0.204. The summed E-state index contributed by atoms with van der Waals surface area (Å²) < 4.78 is 64.6. The zero-order valence-corrected chi connectivity index (χ0v) is 34.4. The number of carbonyl (C=O) groups is 1. The number of nitriles is 1. The Balaban J connectivity index is 0.973. The predicted octanol–water partition coefficient (Wildman–Crippen LogP) is 8.24. The molecule has 312 valence electrons. The lowest BCUT2D eigenvalue weighted by Crippen LogP contribution is -2.55. The van der Waals surface area contributed by atoms with Crippen molar-refractivity contribution < 1.29 is 31.8 Å². The number of hydrogen-bond acceptors (Lipinski definition) is 9. The van der Waals surface area contributed by atoms with E-state index in [0.29, 0.717) is 43.5 Å². The molecule has 62 heavy (non-hydrogen) atoms. The van der Waals surface area contributed by atoms with E-state index in [2.05, 4.69) is 46.0 Å². The van der Waals surface area contributed by atoms with Crippen LogP contribution in [-0.4, -0.2) is 73.6 Å². The Morgan fingerprint density at radius 3 is 2.00 bits per heavy atom. The summed E-state index contributed by atoms with van der Waals surface area (Å²) in [7, 11) is -4.50. The van der Waals surface area contributed by atoms with Crippen molar-refractivity contribution >= 4 is 26.8 Å². The molecular weight excluding hydrogens is 806 g/mol. The molecule has 9 rings (SSSR count). The van der Waals surface area contributed by atoms with Gasteiger partial charge in [-0.2, -0.15) is 10.4 Å². The second-order valence-corrected chi connectivity index (χ2v) is 17.2. The Hall–Kier alpha value is -6.85. The zero-order chi connectivity index (χ0) is 42.7. The molecule has 2 aliphatic rings. The summed E-state index contributed by atoms with van der Waals surface area (Å²) in [5, 5.41) is 15.6. The van der Waals surface area contributed by atoms with E-state index in [1.54, 1.807) is 30.5 Å². The largest absolute Gasteiger partial charge is 0.489 e. The standard InChI is InChI=1S/C49H42FN5O6S/c50-48(25-27-54(28-26-48)39-32-59-33-39)34-60-44-24-23-40(29-35(44)30-51)62(57,58)53-47(56)41-19-10-11-21-45(41)61-46-22-12-20-43-42(46)31-52-55(43)49(36-13-4-1-5-14-36,37-15-6-2-7-16-37)38-17-8-3-9-18-38/h1-24,29,31,39H,25-28,32-34H2,(H,53,56). The number of hydrogen-bond donors (Lipinski definition) is 1. The molecule has 0 radical (unpaired) electrons. The predicted molar refractivity (Wildman–Crippen MR) is 231 cm³/mol. The first-order chi connectivity index (χ1) is 30.2. The summed E-state index contributed by atoms with van der Waals surface area (Å²) in [6.07, 6.45) is 2.26. The summed E-state index contributed by atoms with van der Waals surface area (Å²) in [5.41, 5.74) is 1.06. The molecule has 0 bridgehead atoms. The highest BCUT2D eigenvalue weighted by Gasteiger charge is 2.41. The first-order valence-electron chi connectivity index (χ1n) is 20.3. The lowest BCUT2D eigenvalue weighted by Gasteiger charge is -2.43. The van der Waals surface area contributed by atoms with Gasteiger partial charge in [0.05, 0.1) is 52.4 Å². The van der Waals surface area contributed by atoms with Crippen LogP contribution in [0.3, 0.4) is 0 Å². The van der Waals surface area contributed by atoms with E-state index in [-0.39, 0.29) is 47.0 Å². The first kappa shape index (κ1) is 40.6.